The molecule has 32 heavy (non-hydrogen) atoms. The lowest BCUT2D eigenvalue weighted by atomic mass is 10.1. The lowest BCUT2D eigenvalue weighted by Gasteiger charge is -2.28. The highest BCUT2D eigenvalue weighted by atomic mass is 31.2. The SMILES string of the molecule is CCCC[P+](CCCC)(CCCC)CCCOc1ccccc1CCCN1CCOCC1. The van der Waals surface area contributed by atoms with Gasteiger partial charge in [-0.2, -0.15) is 0 Å². The molecule has 1 fully saturated rings. The predicted octanol–water partition coefficient (Wildman–Crippen LogP) is 7.14. The van der Waals surface area contributed by atoms with Crippen LogP contribution in [0.15, 0.2) is 24.3 Å². The Balaban J connectivity index is 1.83. The molecular weight excluding hydrogens is 413 g/mol. The Hall–Kier alpha value is -0.630. The van der Waals surface area contributed by atoms with Crippen molar-refractivity contribution >= 4 is 7.26 Å². The quantitative estimate of drug-likeness (QED) is 0.170. The van der Waals surface area contributed by atoms with Crippen molar-refractivity contribution in [2.24, 2.45) is 0 Å². The summed E-state index contributed by atoms with van der Waals surface area (Å²) >= 11 is 0. The zero-order valence-electron chi connectivity index (χ0n) is 21.5. The van der Waals surface area contributed by atoms with Crippen LogP contribution in [0.3, 0.4) is 0 Å². The fraction of sp³-hybridized carbons (Fsp3) is 0.786. The molecule has 1 aromatic carbocycles. The third-order valence-electron chi connectivity index (χ3n) is 6.99. The highest BCUT2D eigenvalue weighted by molar-refractivity contribution is 7.75. The van der Waals surface area contributed by atoms with Crippen molar-refractivity contribution < 1.29 is 9.47 Å². The minimum absolute atomic E-state index is 0.808. The number of ether oxygens (including phenoxy) is 2. The first-order chi connectivity index (χ1) is 15.7. The number of rotatable bonds is 18. The van der Waals surface area contributed by atoms with E-state index >= 15 is 0 Å². The van der Waals surface area contributed by atoms with Crippen molar-refractivity contribution in [3.8, 4) is 5.75 Å². The third kappa shape index (κ3) is 10.5. The Kier molecular flexibility index (Phi) is 14.6. The van der Waals surface area contributed by atoms with Crippen molar-refractivity contribution in [2.75, 3.05) is 64.1 Å². The summed E-state index contributed by atoms with van der Waals surface area (Å²) in [6.07, 6.45) is 17.8. The fourth-order valence-electron chi connectivity index (χ4n) is 4.90. The number of aryl methyl sites for hydroxylation is 1. The summed E-state index contributed by atoms with van der Waals surface area (Å²) < 4.78 is 11.8. The molecule has 0 saturated carbocycles. The van der Waals surface area contributed by atoms with Crippen molar-refractivity contribution in [3.63, 3.8) is 0 Å². The van der Waals surface area contributed by atoms with Gasteiger partial charge in [0.05, 0.1) is 44.5 Å². The van der Waals surface area contributed by atoms with Gasteiger partial charge in [-0.3, -0.25) is 4.90 Å². The third-order valence-corrected chi connectivity index (χ3v) is 12.0. The second kappa shape index (κ2) is 16.9. The van der Waals surface area contributed by atoms with Gasteiger partial charge in [0.25, 0.3) is 0 Å². The van der Waals surface area contributed by atoms with E-state index in [2.05, 4.69) is 49.9 Å². The van der Waals surface area contributed by atoms with Crippen LogP contribution in [0.1, 0.15) is 77.7 Å². The molecule has 184 valence electrons. The van der Waals surface area contributed by atoms with Gasteiger partial charge >= 0.3 is 0 Å². The number of nitrogens with zero attached hydrogens (tertiary/aromatic N) is 1. The second-order valence-electron chi connectivity index (χ2n) is 9.66. The van der Waals surface area contributed by atoms with Crippen LogP contribution >= 0.6 is 7.26 Å². The molecule has 0 spiro atoms. The molecule has 1 aliphatic heterocycles. The Bertz CT molecular complexity index is 567. The Morgan fingerprint density at radius 3 is 2.03 bits per heavy atom. The Labute approximate surface area is 200 Å². The molecule has 0 amide bonds. The minimum Gasteiger partial charge on any atom is -0.493 e. The molecule has 0 aromatic heterocycles. The topological polar surface area (TPSA) is 21.7 Å². The molecule has 0 atom stereocenters. The molecule has 1 saturated heterocycles. The number of para-hydroxylation sites is 1. The highest BCUT2D eigenvalue weighted by Crippen LogP contribution is 2.61. The molecule has 3 nitrogen and oxygen atoms in total. The first-order valence-electron chi connectivity index (χ1n) is 13.6. The molecule has 0 bridgehead atoms. The lowest BCUT2D eigenvalue weighted by molar-refractivity contribution is 0.0374. The molecule has 4 heteroatoms. The van der Waals surface area contributed by atoms with E-state index < -0.39 is 7.26 Å². The largest absolute Gasteiger partial charge is 0.493 e. The molecule has 0 N–H and O–H groups in total. The molecule has 2 rings (SSSR count). The predicted molar refractivity (Wildman–Crippen MR) is 143 cm³/mol. The molecule has 1 aliphatic rings. The first-order valence-corrected chi connectivity index (χ1v) is 16.1. The van der Waals surface area contributed by atoms with Crippen LogP contribution in [0.2, 0.25) is 0 Å². The molecule has 1 aromatic rings. The number of hydrogen-bond acceptors (Lipinski definition) is 3. The summed E-state index contributed by atoms with van der Waals surface area (Å²) in [6.45, 7) is 13.0. The van der Waals surface area contributed by atoms with E-state index in [1.165, 1.54) is 81.6 Å². The average molecular weight is 465 g/mol. The van der Waals surface area contributed by atoms with Gasteiger partial charge in [0, 0.05) is 26.8 Å². The number of hydrogen-bond donors (Lipinski definition) is 0. The van der Waals surface area contributed by atoms with E-state index in [0.717, 1.165) is 51.6 Å². The van der Waals surface area contributed by atoms with Crippen LogP contribution in [0.4, 0.5) is 0 Å². The van der Waals surface area contributed by atoms with Gasteiger partial charge in [-0.1, -0.05) is 58.2 Å². The molecular formula is C28H51NO2P+. The Morgan fingerprint density at radius 1 is 0.812 bits per heavy atom. The van der Waals surface area contributed by atoms with Crippen molar-refractivity contribution in [2.45, 2.75) is 78.6 Å². The number of morpholine rings is 1. The van der Waals surface area contributed by atoms with Crippen LogP contribution in [0, 0.1) is 0 Å². The number of benzene rings is 1. The first kappa shape index (κ1) is 27.6. The van der Waals surface area contributed by atoms with Gasteiger partial charge in [-0.15, -0.1) is 0 Å². The van der Waals surface area contributed by atoms with Gasteiger partial charge < -0.3 is 9.47 Å². The minimum atomic E-state index is -0.808. The van der Waals surface area contributed by atoms with Gasteiger partial charge in [0.2, 0.25) is 0 Å². The number of unbranched alkanes of at least 4 members (excludes halogenated alkanes) is 3. The van der Waals surface area contributed by atoms with Crippen molar-refractivity contribution in [1.29, 1.82) is 0 Å². The average Bonchev–Trinajstić information content (AvgIpc) is 2.84. The molecule has 1 heterocycles. The van der Waals surface area contributed by atoms with Crippen LogP contribution in [-0.2, 0) is 11.2 Å². The summed E-state index contributed by atoms with van der Waals surface area (Å²) in [5.41, 5.74) is 1.38. The normalized spacial score (nSPS) is 15.2. The second-order valence-corrected chi connectivity index (χ2v) is 14.1. The van der Waals surface area contributed by atoms with Crippen LogP contribution in [-0.4, -0.2) is 69.0 Å². The van der Waals surface area contributed by atoms with Crippen molar-refractivity contribution in [3.05, 3.63) is 29.8 Å². The smallest absolute Gasteiger partial charge is 0.122 e. The lowest BCUT2D eigenvalue weighted by Crippen LogP contribution is -2.36. The summed E-state index contributed by atoms with van der Waals surface area (Å²) in [5.74, 6) is 1.12. The zero-order valence-corrected chi connectivity index (χ0v) is 22.3. The van der Waals surface area contributed by atoms with E-state index in [1.807, 2.05) is 0 Å². The summed E-state index contributed by atoms with van der Waals surface area (Å²) in [6, 6.07) is 8.73. The summed E-state index contributed by atoms with van der Waals surface area (Å²) in [7, 11) is -0.808. The molecule has 0 unspecified atom stereocenters. The standard InChI is InChI=1S/C28H51NO2P/c1-4-7-23-32(24-8-5-2,25-9-6-3)26-13-20-31-28-16-11-10-14-27(28)15-12-17-29-18-21-30-22-19-29/h10-11,14,16H,4-9,12-13,15,17-26H2,1-3H3/q+1. The van der Waals surface area contributed by atoms with E-state index in [0.29, 0.717) is 0 Å². The van der Waals surface area contributed by atoms with E-state index in [1.54, 1.807) is 0 Å². The maximum Gasteiger partial charge on any atom is 0.122 e. The van der Waals surface area contributed by atoms with E-state index in [4.69, 9.17) is 9.47 Å². The van der Waals surface area contributed by atoms with Crippen LogP contribution in [0.25, 0.3) is 0 Å². The van der Waals surface area contributed by atoms with Gasteiger partial charge in [0.15, 0.2) is 0 Å². The van der Waals surface area contributed by atoms with Crippen LogP contribution in [0.5, 0.6) is 5.75 Å². The summed E-state index contributed by atoms with van der Waals surface area (Å²) in [5, 5.41) is 0. The van der Waals surface area contributed by atoms with Crippen LogP contribution < -0.4 is 4.74 Å². The maximum atomic E-state index is 6.37. The fourth-order valence-corrected chi connectivity index (χ4v) is 10.0. The Morgan fingerprint density at radius 2 is 1.41 bits per heavy atom. The maximum absolute atomic E-state index is 6.37. The van der Waals surface area contributed by atoms with E-state index in [9.17, 15) is 0 Å². The zero-order chi connectivity index (χ0) is 22.9. The highest BCUT2D eigenvalue weighted by Gasteiger charge is 2.34. The van der Waals surface area contributed by atoms with Gasteiger partial charge in [0.1, 0.15) is 5.75 Å². The molecule has 0 aliphatic carbocycles. The summed E-state index contributed by atoms with van der Waals surface area (Å²) in [4.78, 5) is 2.53. The monoisotopic (exact) mass is 464 g/mol. The van der Waals surface area contributed by atoms with Crippen molar-refractivity contribution in [1.82, 2.24) is 4.90 Å². The van der Waals surface area contributed by atoms with E-state index in [-0.39, 0.29) is 0 Å². The van der Waals surface area contributed by atoms with Gasteiger partial charge in [-0.05, 0) is 50.3 Å². The van der Waals surface area contributed by atoms with Gasteiger partial charge in [-0.25, -0.2) is 0 Å². The molecule has 0 radical (unpaired) electrons.